The molecule has 2 rings (SSSR count). The lowest BCUT2D eigenvalue weighted by atomic mass is 10.1. The van der Waals surface area contributed by atoms with E-state index < -0.39 is 45.4 Å². The van der Waals surface area contributed by atoms with Crippen LogP contribution in [-0.4, -0.2) is 20.9 Å². The highest BCUT2D eigenvalue weighted by Gasteiger charge is 2.22. The Morgan fingerprint density at radius 3 is 2.53 bits per heavy atom. The summed E-state index contributed by atoms with van der Waals surface area (Å²) in [6.45, 7) is 1.47. The maximum atomic E-state index is 13.7. The molecule has 0 aliphatic rings. The number of carboxylic acids is 1. The standard InChI is InChI=1S/C11H7F3N2O3/c1-2-16-9-4(3-5(12)6(13)7(9)14)10(17)8(15-16)11(18)19/h3H,2H2,1H3,(H,18,19). The molecule has 1 N–H and O–H groups in total. The number of benzene rings is 1. The quantitative estimate of drug-likeness (QED) is 0.841. The number of carboxylic acid groups (broad SMARTS) is 1. The number of aromatic nitrogens is 2. The Balaban J connectivity index is 3.08. The fourth-order valence-corrected chi connectivity index (χ4v) is 1.72. The van der Waals surface area contributed by atoms with Gasteiger partial charge in [0.25, 0.3) is 0 Å². The molecular weight excluding hydrogens is 265 g/mol. The molecule has 0 amide bonds. The second-order valence-electron chi connectivity index (χ2n) is 3.68. The van der Waals surface area contributed by atoms with E-state index >= 15 is 0 Å². The second-order valence-corrected chi connectivity index (χ2v) is 3.68. The molecular formula is C11H7F3N2O3. The highest BCUT2D eigenvalue weighted by molar-refractivity contribution is 5.90. The Morgan fingerprint density at radius 2 is 2.00 bits per heavy atom. The SMILES string of the molecule is CCn1nc(C(=O)O)c(=O)c2cc(F)c(F)c(F)c21. The molecule has 0 spiro atoms. The van der Waals surface area contributed by atoms with Gasteiger partial charge >= 0.3 is 5.97 Å². The summed E-state index contributed by atoms with van der Waals surface area (Å²) < 4.78 is 40.7. The van der Waals surface area contributed by atoms with Gasteiger partial charge in [-0.05, 0) is 13.0 Å². The van der Waals surface area contributed by atoms with E-state index in [1.54, 1.807) is 0 Å². The molecule has 0 fully saturated rings. The molecule has 0 aliphatic carbocycles. The van der Waals surface area contributed by atoms with Crippen molar-refractivity contribution in [3.8, 4) is 0 Å². The monoisotopic (exact) mass is 272 g/mol. The molecule has 1 aromatic heterocycles. The molecule has 19 heavy (non-hydrogen) atoms. The molecule has 5 nitrogen and oxygen atoms in total. The summed E-state index contributed by atoms with van der Waals surface area (Å²) in [4.78, 5) is 22.6. The minimum absolute atomic E-state index is 0.0148. The van der Waals surface area contributed by atoms with Crippen molar-refractivity contribution >= 4 is 16.9 Å². The molecule has 2 aromatic rings. The van der Waals surface area contributed by atoms with Crippen LogP contribution in [0.4, 0.5) is 13.2 Å². The van der Waals surface area contributed by atoms with Crippen LogP contribution < -0.4 is 5.43 Å². The first-order chi connectivity index (χ1) is 8.88. The van der Waals surface area contributed by atoms with Crippen molar-refractivity contribution in [3.05, 3.63) is 39.4 Å². The zero-order valence-electron chi connectivity index (χ0n) is 9.58. The van der Waals surface area contributed by atoms with Gasteiger partial charge in [0, 0.05) is 6.54 Å². The second kappa shape index (κ2) is 4.38. The van der Waals surface area contributed by atoms with Gasteiger partial charge in [0.2, 0.25) is 11.1 Å². The third-order valence-corrected chi connectivity index (χ3v) is 2.58. The Bertz CT molecular complexity index is 755. The molecule has 1 aromatic carbocycles. The summed E-state index contributed by atoms with van der Waals surface area (Å²) in [7, 11) is 0. The fourth-order valence-electron chi connectivity index (χ4n) is 1.72. The number of aromatic carboxylic acids is 1. The van der Waals surface area contributed by atoms with Crippen LogP contribution in [0.25, 0.3) is 10.9 Å². The minimum atomic E-state index is -1.74. The van der Waals surface area contributed by atoms with Crippen LogP contribution >= 0.6 is 0 Å². The molecule has 100 valence electrons. The molecule has 0 unspecified atom stereocenters. The van der Waals surface area contributed by atoms with Crippen LogP contribution in [0.1, 0.15) is 17.4 Å². The van der Waals surface area contributed by atoms with Crippen molar-refractivity contribution in [1.29, 1.82) is 0 Å². The number of carbonyl (C=O) groups is 1. The number of aryl methyl sites for hydroxylation is 1. The van der Waals surface area contributed by atoms with Gasteiger partial charge < -0.3 is 5.11 Å². The van der Waals surface area contributed by atoms with Gasteiger partial charge in [-0.1, -0.05) is 0 Å². The van der Waals surface area contributed by atoms with E-state index in [2.05, 4.69) is 5.10 Å². The number of hydrogen-bond donors (Lipinski definition) is 1. The summed E-state index contributed by atoms with van der Waals surface area (Å²) in [5.41, 5.74) is -2.60. The van der Waals surface area contributed by atoms with Crippen molar-refractivity contribution in [2.75, 3.05) is 0 Å². The number of rotatable bonds is 2. The largest absolute Gasteiger partial charge is 0.476 e. The first-order valence-corrected chi connectivity index (χ1v) is 5.20. The van der Waals surface area contributed by atoms with Gasteiger partial charge in [-0.25, -0.2) is 18.0 Å². The summed E-state index contributed by atoms with van der Waals surface area (Å²) in [6.07, 6.45) is 0. The van der Waals surface area contributed by atoms with Crippen molar-refractivity contribution in [2.45, 2.75) is 13.5 Å². The lowest BCUT2D eigenvalue weighted by Gasteiger charge is -2.10. The highest BCUT2D eigenvalue weighted by atomic mass is 19.2. The lowest BCUT2D eigenvalue weighted by molar-refractivity contribution is 0.0686. The Morgan fingerprint density at radius 1 is 1.37 bits per heavy atom. The van der Waals surface area contributed by atoms with Gasteiger partial charge in [0.15, 0.2) is 17.5 Å². The van der Waals surface area contributed by atoms with E-state index in [-0.39, 0.29) is 6.54 Å². The smallest absolute Gasteiger partial charge is 0.360 e. The maximum Gasteiger partial charge on any atom is 0.360 e. The summed E-state index contributed by atoms with van der Waals surface area (Å²) in [5, 5.41) is 11.7. The molecule has 0 aliphatic heterocycles. The molecule has 0 radical (unpaired) electrons. The zero-order valence-corrected chi connectivity index (χ0v) is 9.58. The third kappa shape index (κ3) is 1.85. The van der Waals surface area contributed by atoms with Crippen LogP contribution in [0, 0.1) is 17.5 Å². The van der Waals surface area contributed by atoms with Crippen LogP contribution in [0.15, 0.2) is 10.9 Å². The zero-order chi connectivity index (χ0) is 14.3. The topological polar surface area (TPSA) is 72.2 Å². The predicted octanol–water partition coefficient (Wildman–Crippen LogP) is 1.53. The van der Waals surface area contributed by atoms with Gasteiger partial charge in [-0.3, -0.25) is 9.48 Å². The van der Waals surface area contributed by atoms with Gasteiger partial charge in [0.05, 0.1) is 5.39 Å². The first kappa shape index (κ1) is 13.1. The van der Waals surface area contributed by atoms with Gasteiger partial charge in [-0.15, -0.1) is 0 Å². The minimum Gasteiger partial charge on any atom is -0.476 e. The van der Waals surface area contributed by atoms with Crippen LogP contribution in [0.5, 0.6) is 0 Å². The summed E-state index contributed by atoms with van der Waals surface area (Å²) >= 11 is 0. The summed E-state index contributed by atoms with van der Waals surface area (Å²) in [5.74, 6) is -6.50. The Labute approximate surface area is 103 Å². The number of nitrogens with zero attached hydrogens (tertiary/aromatic N) is 2. The third-order valence-electron chi connectivity index (χ3n) is 2.58. The Kier molecular flexibility index (Phi) is 3.01. The number of halogens is 3. The number of fused-ring (bicyclic) bond motifs is 1. The van der Waals surface area contributed by atoms with E-state index in [1.165, 1.54) is 6.92 Å². The van der Waals surface area contributed by atoms with Crippen LogP contribution in [-0.2, 0) is 6.54 Å². The molecule has 1 heterocycles. The average Bonchev–Trinajstić information content (AvgIpc) is 2.37. The van der Waals surface area contributed by atoms with E-state index in [0.29, 0.717) is 6.07 Å². The van der Waals surface area contributed by atoms with Crippen molar-refractivity contribution < 1.29 is 23.1 Å². The molecule has 0 atom stereocenters. The van der Waals surface area contributed by atoms with Crippen molar-refractivity contribution in [1.82, 2.24) is 9.78 Å². The first-order valence-electron chi connectivity index (χ1n) is 5.20. The van der Waals surface area contributed by atoms with Crippen LogP contribution in [0.2, 0.25) is 0 Å². The molecule has 0 saturated carbocycles. The van der Waals surface area contributed by atoms with Crippen LogP contribution in [0.3, 0.4) is 0 Å². The van der Waals surface area contributed by atoms with Crippen molar-refractivity contribution in [2.24, 2.45) is 0 Å². The maximum absolute atomic E-state index is 13.7. The van der Waals surface area contributed by atoms with E-state index in [9.17, 15) is 22.8 Å². The number of hydrogen-bond acceptors (Lipinski definition) is 3. The molecule has 0 saturated heterocycles. The van der Waals surface area contributed by atoms with Gasteiger partial charge in [-0.2, -0.15) is 5.10 Å². The predicted molar refractivity (Wildman–Crippen MR) is 58.5 cm³/mol. The average molecular weight is 272 g/mol. The molecule has 8 heteroatoms. The summed E-state index contributed by atoms with van der Waals surface area (Å²) in [6, 6.07) is 0.469. The van der Waals surface area contributed by atoms with Gasteiger partial charge in [0.1, 0.15) is 5.52 Å². The Hall–Kier alpha value is -2.38. The van der Waals surface area contributed by atoms with E-state index in [4.69, 9.17) is 5.11 Å². The highest BCUT2D eigenvalue weighted by Crippen LogP contribution is 2.20. The normalized spacial score (nSPS) is 10.9. The lowest BCUT2D eigenvalue weighted by Crippen LogP contribution is -2.24. The van der Waals surface area contributed by atoms with E-state index in [1.807, 2.05) is 0 Å². The van der Waals surface area contributed by atoms with Crippen molar-refractivity contribution in [3.63, 3.8) is 0 Å². The molecule has 0 bridgehead atoms. The fraction of sp³-hybridized carbons (Fsp3) is 0.182. The van der Waals surface area contributed by atoms with E-state index in [0.717, 1.165) is 4.68 Å².